The van der Waals surface area contributed by atoms with Crippen molar-refractivity contribution in [2.45, 2.75) is 26.1 Å². The van der Waals surface area contributed by atoms with Crippen LogP contribution in [0.3, 0.4) is 0 Å². The number of carboxylic acid groups (broad SMARTS) is 1. The summed E-state index contributed by atoms with van der Waals surface area (Å²) in [5, 5.41) is 12.4. The molecular formula is C26H21Cl2NO7. The highest BCUT2D eigenvalue weighted by atomic mass is 35.5. The zero-order valence-electron chi connectivity index (χ0n) is 19.2. The van der Waals surface area contributed by atoms with Crippen molar-refractivity contribution < 1.29 is 33.8 Å². The van der Waals surface area contributed by atoms with Gasteiger partial charge >= 0.3 is 17.9 Å². The van der Waals surface area contributed by atoms with Gasteiger partial charge in [0.1, 0.15) is 0 Å². The maximum Gasteiger partial charge on any atom is 0.349 e. The lowest BCUT2D eigenvalue weighted by atomic mass is 10.1. The van der Waals surface area contributed by atoms with E-state index in [1.165, 1.54) is 36.4 Å². The van der Waals surface area contributed by atoms with E-state index in [0.717, 1.165) is 5.56 Å². The largest absolute Gasteiger partial charge is 0.478 e. The van der Waals surface area contributed by atoms with Gasteiger partial charge in [0, 0.05) is 5.69 Å². The number of benzene rings is 3. The second-order valence-electron chi connectivity index (χ2n) is 7.76. The highest BCUT2D eigenvalue weighted by molar-refractivity contribution is 6.34. The quantitative estimate of drug-likeness (QED) is 0.390. The number of esters is 2. The highest BCUT2D eigenvalue weighted by Crippen LogP contribution is 2.22. The second kappa shape index (κ2) is 11.7. The molecule has 0 aliphatic rings. The molecule has 0 aliphatic heterocycles. The molecule has 0 radical (unpaired) electrons. The molecule has 3 aromatic carbocycles. The molecule has 0 bridgehead atoms. The third kappa shape index (κ3) is 6.41. The number of aryl methyl sites for hydroxylation is 2. The number of nitrogens with one attached hydrogen (secondary N) is 1. The molecule has 0 heterocycles. The molecular weight excluding hydrogens is 509 g/mol. The lowest BCUT2D eigenvalue weighted by Gasteiger charge is -2.24. The van der Waals surface area contributed by atoms with Crippen molar-refractivity contribution in [3.05, 3.63) is 99.0 Å². The van der Waals surface area contributed by atoms with E-state index in [-0.39, 0.29) is 21.2 Å². The van der Waals surface area contributed by atoms with Crippen molar-refractivity contribution in [2.75, 3.05) is 5.32 Å². The molecule has 0 fully saturated rings. The van der Waals surface area contributed by atoms with Gasteiger partial charge in [-0.1, -0.05) is 65.2 Å². The zero-order valence-corrected chi connectivity index (χ0v) is 20.7. The van der Waals surface area contributed by atoms with Crippen LogP contribution in [0.2, 0.25) is 10.0 Å². The lowest BCUT2D eigenvalue weighted by Crippen LogP contribution is -2.48. The van der Waals surface area contributed by atoms with Crippen LogP contribution in [0, 0.1) is 13.8 Å². The predicted molar refractivity (Wildman–Crippen MR) is 133 cm³/mol. The molecule has 2 atom stereocenters. The number of halogens is 2. The Balaban J connectivity index is 1.96. The fraction of sp³-hybridized carbons (Fsp3) is 0.154. The number of hydrogen-bond acceptors (Lipinski definition) is 6. The molecule has 186 valence electrons. The van der Waals surface area contributed by atoms with E-state index in [1.54, 1.807) is 37.3 Å². The van der Waals surface area contributed by atoms with Gasteiger partial charge in [-0.05, 0) is 49.7 Å². The van der Waals surface area contributed by atoms with Crippen LogP contribution in [0.25, 0.3) is 0 Å². The molecule has 0 saturated heterocycles. The van der Waals surface area contributed by atoms with Crippen LogP contribution in [0.15, 0.2) is 66.7 Å². The molecule has 2 N–H and O–H groups in total. The molecule has 0 aliphatic carbocycles. The average molecular weight is 530 g/mol. The number of amides is 1. The normalized spacial score (nSPS) is 12.2. The summed E-state index contributed by atoms with van der Waals surface area (Å²) in [7, 11) is 0. The Labute approximate surface area is 216 Å². The Hall–Kier alpha value is -3.88. The van der Waals surface area contributed by atoms with E-state index in [9.17, 15) is 24.3 Å². The number of carbonyl (C=O) groups is 4. The molecule has 3 rings (SSSR count). The summed E-state index contributed by atoms with van der Waals surface area (Å²) >= 11 is 12.1. The monoisotopic (exact) mass is 529 g/mol. The van der Waals surface area contributed by atoms with Crippen molar-refractivity contribution >= 4 is 52.7 Å². The Kier molecular flexibility index (Phi) is 8.68. The first-order valence-corrected chi connectivity index (χ1v) is 11.4. The number of aliphatic carboxylic acids is 1. The summed E-state index contributed by atoms with van der Waals surface area (Å²) in [6.45, 7) is 3.60. The van der Waals surface area contributed by atoms with Gasteiger partial charge in [-0.25, -0.2) is 14.4 Å². The fourth-order valence-electron chi connectivity index (χ4n) is 3.26. The smallest absolute Gasteiger partial charge is 0.349 e. The number of carbonyl (C=O) groups excluding carboxylic acids is 3. The molecule has 0 aromatic heterocycles. The van der Waals surface area contributed by atoms with Crippen molar-refractivity contribution in [2.24, 2.45) is 0 Å². The van der Waals surface area contributed by atoms with E-state index in [1.807, 2.05) is 6.92 Å². The van der Waals surface area contributed by atoms with Crippen LogP contribution in [0.5, 0.6) is 0 Å². The molecule has 0 spiro atoms. The average Bonchev–Trinajstić information content (AvgIpc) is 2.83. The molecule has 1 amide bonds. The minimum Gasteiger partial charge on any atom is -0.478 e. The number of rotatable bonds is 8. The van der Waals surface area contributed by atoms with Crippen LogP contribution >= 0.6 is 23.2 Å². The molecule has 3 aromatic rings. The predicted octanol–water partition coefficient (Wildman–Crippen LogP) is 5.08. The standard InChI is InChI=1S/C26H21Cl2NO7/c1-14-11-12-20(15(2)13-14)29-23(30)21(35-25(33)16-7-3-5-9-18(16)27)22(24(31)32)36-26(34)17-8-4-6-10-19(17)28/h3-13,21-22H,1-2H3,(H,29,30)(H,31,32)/t21-,22+/m0/s1. The van der Waals surface area contributed by atoms with Crippen LogP contribution in [-0.2, 0) is 19.1 Å². The van der Waals surface area contributed by atoms with Crippen molar-refractivity contribution in [1.82, 2.24) is 0 Å². The SMILES string of the molecule is Cc1ccc(NC(=O)[C@@H](OC(=O)c2ccccc2Cl)[C@@H](OC(=O)c2ccccc2Cl)C(=O)O)c(C)c1. The summed E-state index contributed by atoms with van der Waals surface area (Å²) in [5.74, 6) is -4.95. The Morgan fingerprint density at radius 3 is 1.75 bits per heavy atom. The minimum atomic E-state index is -2.20. The first-order valence-electron chi connectivity index (χ1n) is 10.6. The third-order valence-electron chi connectivity index (χ3n) is 5.07. The number of hydrogen-bond donors (Lipinski definition) is 2. The maximum atomic E-state index is 13.2. The van der Waals surface area contributed by atoms with E-state index >= 15 is 0 Å². The van der Waals surface area contributed by atoms with E-state index in [4.69, 9.17) is 32.7 Å². The first kappa shape index (κ1) is 26.7. The van der Waals surface area contributed by atoms with Crippen LogP contribution in [0.4, 0.5) is 5.69 Å². The topological polar surface area (TPSA) is 119 Å². The number of ether oxygens (including phenoxy) is 2. The van der Waals surface area contributed by atoms with Gasteiger partial charge in [-0.15, -0.1) is 0 Å². The van der Waals surface area contributed by atoms with Gasteiger partial charge < -0.3 is 19.9 Å². The fourth-order valence-corrected chi connectivity index (χ4v) is 3.69. The van der Waals surface area contributed by atoms with Crippen molar-refractivity contribution in [3.63, 3.8) is 0 Å². The minimum absolute atomic E-state index is 0.0102. The number of anilines is 1. The number of carboxylic acids is 1. The van der Waals surface area contributed by atoms with Crippen LogP contribution in [-0.4, -0.2) is 41.1 Å². The Morgan fingerprint density at radius 1 is 0.778 bits per heavy atom. The van der Waals surface area contributed by atoms with Crippen LogP contribution in [0.1, 0.15) is 31.8 Å². The molecule has 10 heteroatoms. The summed E-state index contributed by atoms with van der Waals surface area (Å²) in [4.78, 5) is 50.9. The van der Waals surface area contributed by atoms with Crippen molar-refractivity contribution in [3.8, 4) is 0 Å². The Bertz CT molecular complexity index is 1330. The van der Waals surface area contributed by atoms with Crippen molar-refractivity contribution in [1.29, 1.82) is 0 Å². The van der Waals surface area contributed by atoms with Gasteiger partial charge in [0.15, 0.2) is 0 Å². The van der Waals surface area contributed by atoms with E-state index in [0.29, 0.717) is 11.3 Å². The highest BCUT2D eigenvalue weighted by Gasteiger charge is 2.41. The summed E-state index contributed by atoms with van der Waals surface area (Å²) in [5.41, 5.74) is 1.73. The van der Waals surface area contributed by atoms with Crippen LogP contribution < -0.4 is 5.32 Å². The first-order chi connectivity index (χ1) is 17.1. The summed E-state index contributed by atoms with van der Waals surface area (Å²) in [6, 6.07) is 16.8. The third-order valence-corrected chi connectivity index (χ3v) is 5.73. The van der Waals surface area contributed by atoms with Gasteiger partial charge in [0.05, 0.1) is 21.2 Å². The molecule has 0 unspecified atom stereocenters. The molecule has 36 heavy (non-hydrogen) atoms. The zero-order chi connectivity index (χ0) is 26.4. The molecule has 8 nitrogen and oxygen atoms in total. The second-order valence-corrected chi connectivity index (χ2v) is 8.57. The molecule has 0 saturated carbocycles. The van der Waals surface area contributed by atoms with Gasteiger partial charge in [-0.3, -0.25) is 4.79 Å². The van der Waals surface area contributed by atoms with Gasteiger partial charge in [0.25, 0.3) is 5.91 Å². The van der Waals surface area contributed by atoms with Gasteiger partial charge in [-0.2, -0.15) is 0 Å². The summed E-state index contributed by atoms with van der Waals surface area (Å²) < 4.78 is 10.4. The summed E-state index contributed by atoms with van der Waals surface area (Å²) in [6.07, 6.45) is -4.27. The van der Waals surface area contributed by atoms with Gasteiger partial charge in [0.2, 0.25) is 12.2 Å². The lowest BCUT2D eigenvalue weighted by molar-refractivity contribution is -0.157. The van der Waals surface area contributed by atoms with E-state index < -0.39 is 36.0 Å². The van der Waals surface area contributed by atoms with E-state index in [2.05, 4.69) is 5.32 Å². The maximum absolute atomic E-state index is 13.2. The Morgan fingerprint density at radius 2 is 1.28 bits per heavy atom.